The molecule has 0 saturated carbocycles. The molecule has 3 aromatic rings. The highest BCUT2D eigenvalue weighted by molar-refractivity contribution is 7.60. The fourth-order valence-electron chi connectivity index (χ4n) is 4.19. The van der Waals surface area contributed by atoms with Gasteiger partial charge in [0.2, 0.25) is 5.88 Å². The monoisotopic (exact) mass is 619 g/mol. The van der Waals surface area contributed by atoms with Crippen LogP contribution in [0.1, 0.15) is 24.6 Å². The van der Waals surface area contributed by atoms with E-state index in [4.69, 9.17) is 19.3 Å². The SMILES string of the molecule is O=C(NC(CCC(O)[C@H]1O[C@@H](n2cnc3c(O)ncnc32)[C@H](O)[C@@H]1O)P(=O)(O)O)OCc1ccc(P(=O)(O)O)cc1. The Bertz CT molecular complexity index is 1480. The van der Waals surface area contributed by atoms with Crippen molar-refractivity contribution >= 4 is 37.8 Å². The van der Waals surface area contributed by atoms with Gasteiger partial charge in [0.25, 0.3) is 0 Å². The molecule has 2 unspecified atom stereocenters. The van der Waals surface area contributed by atoms with E-state index in [9.17, 15) is 44.1 Å². The lowest BCUT2D eigenvalue weighted by Gasteiger charge is -2.24. The summed E-state index contributed by atoms with van der Waals surface area (Å²) >= 11 is 0. The van der Waals surface area contributed by atoms with Crippen LogP contribution in [-0.4, -0.2) is 95.8 Å². The lowest BCUT2D eigenvalue weighted by Crippen LogP contribution is -2.40. The first-order valence-corrected chi connectivity index (χ1v) is 15.2. The number of nitrogens with one attached hydrogen (secondary N) is 1. The van der Waals surface area contributed by atoms with E-state index in [0.717, 1.165) is 18.5 Å². The summed E-state index contributed by atoms with van der Waals surface area (Å²) in [5.41, 5.74) is 0.418. The largest absolute Gasteiger partial charge is 0.492 e. The van der Waals surface area contributed by atoms with Gasteiger partial charge in [0.1, 0.15) is 37.0 Å². The van der Waals surface area contributed by atoms with E-state index in [0.29, 0.717) is 5.56 Å². The highest BCUT2D eigenvalue weighted by Gasteiger charge is 2.47. The van der Waals surface area contributed by atoms with Crippen molar-refractivity contribution in [3.63, 3.8) is 0 Å². The number of imidazole rings is 1. The third-order valence-corrected chi connectivity index (χ3v) is 8.51. The number of fused-ring (bicyclic) bond motifs is 1. The van der Waals surface area contributed by atoms with E-state index in [1.807, 2.05) is 5.32 Å². The Balaban J connectivity index is 1.35. The zero-order valence-electron chi connectivity index (χ0n) is 20.9. The molecule has 6 atom stereocenters. The van der Waals surface area contributed by atoms with Gasteiger partial charge in [-0.3, -0.25) is 13.7 Å². The average Bonchev–Trinajstić information content (AvgIpc) is 3.46. The Hall–Kier alpha value is -3.02. The van der Waals surface area contributed by atoms with Crippen LogP contribution < -0.4 is 10.6 Å². The second-order valence-corrected chi connectivity index (χ2v) is 12.6. The molecule has 1 saturated heterocycles. The van der Waals surface area contributed by atoms with E-state index in [2.05, 4.69) is 15.0 Å². The molecule has 18 nitrogen and oxygen atoms in total. The fraction of sp³-hybridized carbons (Fsp3) is 0.429. The number of ether oxygens (including phenoxy) is 2. The van der Waals surface area contributed by atoms with Gasteiger partial charge in [-0.25, -0.2) is 14.8 Å². The Kier molecular flexibility index (Phi) is 9.10. The maximum Gasteiger partial charge on any atom is 0.408 e. The van der Waals surface area contributed by atoms with Crippen LogP contribution >= 0.6 is 15.2 Å². The van der Waals surface area contributed by atoms with Crippen molar-refractivity contribution in [1.29, 1.82) is 0 Å². The number of carbonyl (C=O) groups is 1. The topological polar surface area (TPSA) is 287 Å². The molecule has 1 aromatic carbocycles. The lowest BCUT2D eigenvalue weighted by molar-refractivity contribution is -0.0859. The van der Waals surface area contributed by atoms with Crippen molar-refractivity contribution in [2.45, 2.75) is 55.9 Å². The van der Waals surface area contributed by atoms with Gasteiger partial charge in [0.05, 0.1) is 17.7 Å². The van der Waals surface area contributed by atoms with Gasteiger partial charge >= 0.3 is 21.3 Å². The van der Waals surface area contributed by atoms with Gasteiger partial charge in [-0.2, -0.15) is 4.98 Å². The van der Waals surface area contributed by atoms with Gasteiger partial charge in [-0.05, 0) is 30.5 Å². The van der Waals surface area contributed by atoms with Crippen molar-refractivity contribution in [2.75, 3.05) is 0 Å². The minimum absolute atomic E-state index is 0.00221. The number of rotatable bonds is 10. The standard InChI is InChI=1S/C21H27N5O13P2/c27-12(17-15(28)16(29)20(39-17)26-9-24-14-18(26)22-8-23-19(14)30)5-6-13(41(35,36)37)25-21(31)38-7-10-1-3-11(4-2-10)40(32,33)34/h1-4,8-9,12-13,15-17,20,27-29H,5-7H2,(H,25,31)(H,22,23,30)(H2,32,33,34)(H2,35,36,37)/t12?,13?,15-,16+,17+,20+/m0/s1. The highest BCUT2D eigenvalue weighted by atomic mass is 31.2. The number of aromatic hydroxyl groups is 1. The number of alkyl carbamates (subject to hydrolysis) is 1. The normalized spacial score (nSPS) is 22.9. The predicted octanol–water partition coefficient (Wildman–Crippen LogP) is -1.47. The van der Waals surface area contributed by atoms with Crippen LogP contribution in [0.2, 0.25) is 0 Å². The van der Waals surface area contributed by atoms with Crippen LogP contribution in [0.3, 0.4) is 0 Å². The van der Waals surface area contributed by atoms with E-state index < -0.39 is 76.4 Å². The van der Waals surface area contributed by atoms with Gasteiger partial charge in [-0.15, -0.1) is 0 Å². The molecule has 20 heteroatoms. The first kappa shape index (κ1) is 30.9. The minimum Gasteiger partial charge on any atom is -0.492 e. The Morgan fingerprint density at radius 1 is 1.05 bits per heavy atom. The Labute approximate surface area is 230 Å². The van der Waals surface area contributed by atoms with Crippen LogP contribution in [0.25, 0.3) is 11.2 Å². The zero-order chi connectivity index (χ0) is 30.1. The molecule has 4 rings (SSSR count). The van der Waals surface area contributed by atoms with Gasteiger partial charge in [0, 0.05) is 0 Å². The molecule has 1 amide bonds. The summed E-state index contributed by atoms with van der Waals surface area (Å²) in [4.78, 5) is 61.4. The summed E-state index contributed by atoms with van der Waals surface area (Å²) in [6.07, 6.45) is -7.33. The molecular weight excluding hydrogens is 592 g/mol. The number of benzene rings is 1. The van der Waals surface area contributed by atoms with E-state index in [1.54, 1.807) is 0 Å². The molecule has 3 heterocycles. The smallest absolute Gasteiger partial charge is 0.408 e. The second kappa shape index (κ2) is 12.1. The molecule has 0 bridgehead atoms. The van der Waals surface area contributed by atoms with Crippen LogP contribution in [0.15, 0.2) is 36.9 Å². The summed E-state index contributed by atoms with van der Waals surface area (Å²) in [5.74, 6) is -2.22. The lowest BCUT2D eigenvalue weighted by atomic mass is 10.0. The highest BCUT2D eigenvalue weighted by Crippen LogP contribution is 2.43. The number of aliphatic hydroxyl groups excluding tert-OH is 3. The fourth-order valence-corrected chi connectivity index (χ4v) is 5.49. The number of hydrogen-bond acceptors (Lipinski definition) is 12. The molecule has 2 aromatic heterocycles. The molecule has 224 valence electrons. The first-order chi connectivity index (χ1) is 19.2. The van der Waals surface area contributed by atoms with Gasteiger partial charge < -0.3 is 54.8 Å². The zero-order valence-corrected chi connectivity index (χ0v) is 22.6. The maximum absolute atomic E-state index is 12.2. The summed E-state index contributed by atoms with van der Waals surface area (Å²) in [7, 11) is -9.42. The molecule has 41 heavy (non-hydrogen) atoms. The maximum atomic E-state index is 12.2. The van der Waals surface area contributed by atoms with Crippen LogP contribution in [0.4, 0.5) is 4.79 Å². The molecule has 1 aliphatic heterocycles. The van der Waals surface area contributed by atoms with E-state index in [-0.39, 0.29) is 23.1 Å². The second-order valence-electron chi connectivity index (χ2n) is 9.17. The van der Waals surface area contributed by atoms with Crippen molar-refractivity contribution < 1.29 is 63.4 Å². The van der Waals surface area contributed by atoms with Crippen LogP contribution in [0.5, 0.6) is 5.88 Å². The van der Waals surface area contributed by atoms with Crippen molar-refractivity contribution in [1.82, 2.24) is 24.8 Å². The molecule has 0 spiro atoms. The molecule has 9 N–H and O–H groups in total. The van der Waals surface area contributed by atoms with Crippen molar-refractivity contribution in [3.8, 4) is 5.88 Å². The van der Waals surface area contributed by atoms with Crippen molar-refractivity contribution in [2.24, 2.45) is 0 Å². The average molecular weight is 619 g/mol. The third-order valence-electron chi connectivity index (χ3n) is 6.34. The van der Waals surface area contributed by atoms with Gasteiger partial charge in [-0.1, -0.05) is 12.1 Å². The minimum atomic E-state index is -4.96. The number of aromatic nitrogens is 4. The first-order valence-electron chi connectivity index (χ1n) is 11.9. The molecule has 0 aliphatic carbocycles. The summed E-state index contributed by atoms with van der Waals surface area (Å²) in [6, 6.07) is 4.89. The summed E-state index contributed by atoms with van der Waals surface area (Å²) in [6.45, 7) is -0.378. The number of hydrogen-bond donors (Lipinski definition) is 9. The molecular formula is C21H27N5O13P2. The molecule has 1 aliphatic rings. The molecule has 1 fully saturated rings. The number of aliphatic hydroxyl groups is 3. The van der Waals surface area contributed by atoms with Gasteiger partial charge in [0.15, 0.2) is 17.4 Å². The van der Waals surface area contributed by atoms with E-state index >= 15 is 0 Å². The number of nitrogens with zero attached hydrogens (tertiary/aromatic N) is 4. The Morgan fingerprint density at radius 2 is 1.73 bits per heavy atom. The number of carbonyl (C=O) groups excluding carboxylic acids is 1. The van der Waals surface area contributed by atoms with E-state index in [1.165, 1.54) is 23.0 Å². The van der Waals surface area contributed by atoms with Crippen LogP contribution in [0, 0.1) is 0 Å². The predicted molar refractivity (Wildman–Crippen MR) is 135 cm³/mol. The quantitative estimate of drug-likeness (QED) is 0.117. The summed E-state index contributed by atoms with van der Waals surface area (Å²) < 4.78 is 35.0. The van der Waals surface area contributed by atoms with Crippen LogP contribution in [-0.2, 0) is 25.2 Å². The summed E-state index contributed by atoms with van der Waals surface area (Å²) in [5, 5.41) is 43.3. The molecule has 0 radical (unpaired) electrons. The Morgan fingerprint density at radius 3 is 2.37 bits per heavy atom. The number of amides is 1. The third kappa shape index (κ3) is 7.07. The van der Waals surface area contributed by atoms with Crippen molar-refractivity contribution in [3.05, 3.63) is 42.5 Å².